The average molecular weight is 883 g/mol. The maximum Gasteiger partial charge on any atom is 0.188 e. The van der Waals surface area contributed by atoms with Gasteiger partial charge in [-0.05, 0) is 106 Å². The van der Waals surface area contributed by atoms with Gasteiger partial charge >= 0.3 is 0 Å². The van der Waals surface area contributed by atoms with Crippen LogP contribution in [0.15, 0.2) is 204 Å². The molecule has 1 nitrogen and oxygen atoms in total. The van der Waals surface area contributed by atoms with Crippen LogP contribution in [-0.2, 0) is 16.2 Å². The molecular formula is C63H50OSSi. The lowest BCUT2D eigenvalue weighted by molar-refractivity contribution is 0.488. The summed E-state index contributed by atoms with van der Waals surface area (Å²) in [4.78, 5) is 2.78. The van der Waals surface area contributed by atoms with Gasteiger partial charge < -0.3 is 4.74 Å². The third-order valence-corrected chi connectivity index (χ3v) is 22.0. The summed E-state index contributed by atoms with van der Waals surface area (Å²) in [6.45, 7) is 14.4. The summed E-state index contributed by atoms with van der Waals surface area (Å²) in [5, 5.41) is 5.34. The molecule has 0 atom stereocenters. The predicted octanol–water partition coefficient (Wildman–Crippen LogP) is 13.9. The van der Waals surface area contributed by atoms with E-state index in [9.17, 15) is 0 Å². The van der Waals surface area contributed by atoms with Crippen molar-refractivity contribution in [1.29, 1.82) is 0 Å². The summed E-state index contributed by atoms with van der Waals surface area (Å²) in [5.41, 5.74) is 18.2. The van der Waals surface area contributed by atoms with E-state index in [4.69, 9.17) is 4.74 Å². The first-order valence-corrected chi connectivity index (χ1v) is 26.2. The minimum atomic E-state index is -2.78. The van der Waals surface area contributed by atoms with Crippen molar-refractivity contribution in [3.63, 3.8) is 0 Å². The maximum absolute atomic E-state index is 7.22. The van der Waals surface area contributed by atoms with Crippen molar-refractivity contribution in [3.8, 4) is 56.0 Å². The quantitative estimate of drug-likeness (QED) is 0.163. The van der Waals surface area contributed by atoms with Crippen molar-refractivity contribution in [3.05, 3.63) is 228 Å². The molecule has 0 aromatic heterocycles. The summed E-state index contributed by atoms with van der Waals surface area (Å²) < 4.78 is 7.22. The molecule has 4 aliphatic rings. The van der Waals surface area contributed by atoms with Gasteiger partial charge in [-0.25, -0.2) is 0 Å². The second-order valence-electron chi connectivity index (χ2n) is 20.4. The molecule has 318 valence electrons. The molecule has 9 aromatic carbocycles. The van der Waals surface area contributed by atoms with Gasteiger partial charge in [0.2, 0.25) is 0 Å². The summed E-state index contributed by atoms with van der Waals surface area (Å²) >= 11 is 1.98. The van der Waals surface area contributed by atoms with Crippen LogP contribution in [0.4, 0.5) is 0 Å². The second kappa shape index (κ2) is 13.9. The normalized spacial score (nSPS) is 16.6. The Morgan fingerprint density at radius 2 is 0.909 bits per heavy atom. The number of para-hydroxylation sites is 1. The number of ether oxygens (including phenoxy) is 1. The van der Waals surface area contributed by atoms with Gasteiger partial charge in [0.25, 0.3) is 0 Å². The smallest absolute Gasteiger partial charge is 0.188 e. The summed E-state index contributed by atoms with van der Waals surface area (Å²) in [7, 11) is -2.78. The van der Waals surface area contributed by atoms with E-state index in [1.807, 2.05) is 11.8 Å². The Morgan fingerprint density at radius 1 is 0.364 bits per heavy atom. The molecule has 0 saturated heterocycles. The number of rotatable bonds is 4. The Morgan fingerprint density at radius 3 is 1.70 bits per heavy atom. The molecule has 9 aromatic rings. The molecule has 66 heavy (non-hydrogen) atoms. The second-order valence-corrected chi connectivity index (χ2v) is 25.1. The van der Waals surface area contributed by atoms with Gasteiger partial charge in [-0.2, -0.15) is 0 Å². The van der Waals surface area contributed by atoms with Crippen molar-refractivity contribution in [1.82, 2.24) is 0 Å². The third-order valence-electron chi connectivity index (χ3n) is 15.9. The Kier molecular flexibility index (Phi) is 8.38. The average Bonchev–Trinajstić information content (AvgIpc) is 3.73. The highest BCUT2D eigenvalue weighted by Crippen LogP contribution is 2.60. The van der Waals surface area contributed by atoms with Crippen molar-refractivity contribution in [2.24, 2.45) is 0 Å². The minimum Gasteiger partial charge on any atom is -0.457 e. The first-order valence-electron chi connectivity index (χ1n) is 23.4. The highest BCUT2D eigenvalue weighted by Gasteiger charge is 2.51. The number of hydrogen-bond donors (Lipinski definition) is 0. The van der Waals surface area contributed by atoms with Crippen LogP contribution in [0.3, 0.4) is 0 Å². The highest BCUT2D eigenvalue weighted by atomic mass is 32.2. The molecule has 2 aliphatic heterocycles. The topological polar surface area (TPSA) is 9.23 Å². The van der Waals surface area contributed by atoms with Gasteiger partial charge in [-0.15, -0.1) is 0 Å². The van der Waals surface area contributed by atoms with E-state index in [1.54, 1.807) is 0 Å². The van der Waals surface area contributed by atoms with E-state index in [2.05, 4.69) is 236 Å². The molecular weight excluding hydrogens is 833 g/mol. The van der Waals surface area contributed by atoms with Crippen molar-refractivity contribution >= 4 is 40.6 Å². The van der Waals surface area contributed by atoms with E-state index in [0.717, 1.165) is 11.5 Å². The monoisotopic (exact) mass is 882 g/mol. The van der Waals surface area contributed by atoms with E-state index in [1.165, 1.54) is 108 Å². The van der Waals surface area contributed by atoms with Crippen molar-refractivity contribution in [2.75, 3.05) is 0 Å². The SMILES string of the molecule is CC1(C)c2cccc(-c3cccc(-c4ccc5c(c4)C(C)(C)c4ccc6c(c4-5)Oc4ccccc4[Si]6(c4ccccc4)c4ccccc4)c3)c2Sc2c1ccc1c2-c2ccccc2C1(C)C. The zero-order chi connectivity index (χ0) is 44.7. The number of benzene rings is 9. The maximum atomic E-state index is 7.22. The van der Waals surface area contributed by atoms with Gasteiger partial charge in [-0.3, -0.25) is 0 Å². The fraction of sp³-hybridized carbons (Fsp3) is 0.143. The first-order chi connectivity index (χ1) is 32.0. The number of hydrogen-bond acceptors (Lipinski definition) is 2. The molecule has 0 N–H and O–H groups in total. The Balaban J connectivity index is 0.937. The number of fused-ring (bicyclic) bond motifs is 12. The van der Waals surface area contributed by atoms with Gasteiger partial charge in [0.05, 0.1) is 0 Å². The van der Waals surface area contributed by atoms with Crippen LogP contribution < -0.4 is 25.5 Å². The Hall–Kier alpha value is -6.65. The molecule has 0 bridgehead atoms. The van der Waals surface area contributed by atoms with E-state index >= 15 is 0 Å². The van der Waals surface area contributed by atoms with Gasteiger partial charge in [0, 0.05) is 37.2 Å². The molecule has 3 heteroatoms. The lowest BCUT2D eigenvalue weighted by atomic mass is 9.75. The van der Waals surface area contributed by atoms with E-state index in [-0.39, 0.29) is 16.2 Å². The minimum absolute atomic E-state index is 0.0416. The fourth-order valence-electron chi connectivity index (χ4n) is 12.5. The van der Waals surface area contributed by atoms with E-state index in [0.29, 0.717) is 0 Å². The fourth-order valence-corrected chi connectivity index (χ4v) is 19.1. The molecule has 2 heterocycles. The molecule has 0 spiro atoms. The lowest BCUT2D eigenvalue weighted by Crippen LogP contribution is -2.76. The van der Waals surface area contributed by atoms with E-state index < -0.39 is 8.07 Å². The zero-order valence-corrected chi connectivity index (χ0v) is 40.1. The van der Waals surface area contributed by atoms with Gasteiger partial charge in [-0.1, -0.05) is 229 Å². The van der Waals surface area contributed by atoms with Crippen molar-refractivity contribution < 1.29 is 4.74 Å². The first kappa shape index (κ1) is 39.7. The van der Waals surface area contributed by atoms with Crippen molar-refractivity contribution in [2.45, 2.75) is 67.6 Å². The molecule has 13 rings (SSSR count). The van der Waals surface area contributed by atoms with Crippen LogP contribution >= 0.6 is 11.8 Å². The van der Waals surface area contributed by atoms with Gasteiger partial charge in [0.1, 0.15) is 11.5 Å². The van der Waals surface area contributed by atoms with Gasteiger partial charge in [0.15, 0.2) is 8.07 Å². The van der Waals surface area contributed by atoms with Crippen LogP contribution in [0.5, 0.6) is 11.5 Å². The standard InChI is InChI=1S/C63H50OSSi/c1-61(2)47-27-14-13-25-45(47)57-49(61)33-34-51-60(57)65-59-44(26-18-28-50(59)63(51,5)6)41-20-17-19-39(37-41)40-31-32-46-52(38-40)62(3,4)48-35-36-55-58(56(46)48)64-53-29-15-16-30-54(53)66(55,42-21-9-7-10-22-42)43-23-11-8-12-24-43/h7-38H,1-6H3. The van der Waals surface area contributed by atoms with Crippen LogP contribution in [-0.4, -0.2) is 8.07 Å². The molecule has 2 aliphatic carbocycles. The van der Waals surface area contributed by atoms with Crippen LogP contribution in [0.1, 0.15) is 74.9 Å². The molecule has 0 radical (unpaired) electrons. The highest BCUT2D eigenvalue weighted by molar-refractivity contribution is 7.99. The summed E-state index contributed by atoms with van der Waals surface area (Å²) in [6, 6.07) is 73.4. The predicted molar refractivity (Wildman–Crippen MR) is 279 cm³/mol. The largest absolute Gasteiger partial charge is 0.457 e. The Bertz CT molecular complexity index is 3470. The molecule has 0 unspecified atom stereocenters. The summed E-state index contributed by atoms with van der Waals surface area (Å²) in [6.07, 6.45) is 0. The summed E-state index contributed by atoms with van der Waals surface area (Å²) in [5.74, 6) is 1.98. The molecule has 0 amide bonds. The molecule has 0 saturated carbocycles. The zero-order valence-electron chi connectivity index (χ0n) is 38.3. The third kappa shape index (κ3) is 5.24. The molecule has 0 fully saturated rings. The Labute approximate surface area is 394 Å². The van der Waals surface area contributed by atoms with Crippen LogP contribution in [0.25, 0.3) is 44.5 Å². The van der Waals surface area contributed by atoms with Crippen LogP contribution in [0, 0.1) is 0 Å². The van der Waals surface area contributed by atoms with Crippen LogP contribution in [0.2, 0.25) is 0 Å². The lowest BCUT2D eigenvalue weighted by Gasteiger charge is -2.40.